The normalized spacial score (nSPS) is 12.6. The molecule has 14 heavy (non-hydrogen) atoms. The zero-order valence-electron chi connectivity index (χ0n) is 9.29. The molecule has 1 atom stereocenters. The molecule has 0 saturated carbocycles. The third-order valence-corrected chi connectivity index (χ3v) is 1.43. The second kappa shape index (κ2) is 6.90. The average molecular weight is 225 g/mol. The number of nitrogens with two attached hydrogens (primary N) is 1. The lowest BCUT2D eigenvalue weighted by Crippen LogP contribution is -2.39. The molecule has 0 saturated heterocycles. The molecular formula is C9H21ClN2O2. The van der Waals surface area contributed by atoms with Crippen LogP contribution >= 0.6 is 12.4 Å². The van der Waals surface area contributed by atoms with Crippen molar-refractivity contribution >= 4 is 18.5 Å². The standard InChI is InChI=1S/C9H20N2O2.ClH/c1-5-7(10)6-11-8(12)13-9(2,3)4;/h7H,5-6,10H2,1-4H3,(H,11,12);1H. The molecule has 0 fully saturated rings. The fraction of sp³-hybridized carbons (Fsp3) is 0.889. The highest BCUT2D eigenvalue weighted by Crippen LogP contribution is 2.06. The van der Waals surface area contributed by atoms with Crippen LogP contribution in [0.4, 0.5) is 4.79 Å². The van der Waals surface area contributed by atoms with Crippen LogP contribution in [0.3, 0.4) is 0 Å². The topological polar surface area (TPSA) is 64.3 Å². The van der Waals surface area contributed by atoms with E-state index in [1.54, 1.807) is 0 Å². The van der Waals surface area contributed by atoms with Crippen molar-refractivity contribution in [2.75, 3.05) is 6.54 Å². The van der Waals surface area contributed by atoms with E-state index in [0.29, 0.717) is 6.54 Å². The number of ether oxygens (including phenoxy) is 1. The number of hydrogen-bond acceptors (Lipinski definition) is 3. The molecule has 86 valence electrons. The Balaban J connectivity index is 0. The minimum absolute atomic E-state index is 0. The van der Waals surface area contributed by atoms with Gasteiger partial charge in [0.15, 0.2) is 0 Å². The molecule has 0 radical (unpaired) electrons. The Morgan fingerprint density at radius 2 is 2.00 bits per heavy atom. The lowest BCUT2D eigenvalue weighted by atomic mass is 10.2. The summed E-state index contributed by atoms with van der Waals surface area (Å²) in [5.74, 6) is 0. The Morgan fingerprint density at radius 3 is 2.36 bits per heavy atom. The fourth-order valence-electron chi connectivity index (χ4n) is 0.673. The number of alkyl carbamates (subject to hydrolysis) is 1. The van der Waals surface area contributed by atoms with Gasteiger partial charge in [-0.3, -0.25) is 0 Å². The van der Waals surface area contributed by atoms with E-state index in [9.17, 15) is 4.79 Å². The maximum atomic E-state index is 11.1. The van der Waals surface area contributed by atoms with Crippen molar-refractivity contribution < 1.29 is 9.53 Å². The fourth-order valence-corrected chi connectivity index (χ4v) is 0.673. The molecule has 0 rings (SSSR count). The molecule has 1 unspecified atom stereocenters. The van der Waals surface area contributed by atoms with E-state index < -0.39 is 11.7 Å². The first-order valence-electron chi connectivity index (χ1n) is 4.57. The molecule has 1 amide bonds. The number of hydrogen-bond donors (Lipinski definition) is 2. The van der Waals surface area contributed by atoms with Crippen LogP contribution in [0.1, 0.15) is 34.1 Å². The van der Waals surface area contributed by atoms with Crippen molar-refractivity contribution in [3.8, 4) is 0 Å². The van der Waals surface area contributed by atoms with Crippen molar-refractivity contribution in [1.82, 2.24) is 5.32 Å². The highest BCUT2D eigenvalue weighted by molar-refractivity contribution is 5.85. The van der Waals surface area contributed by atoms with Gasteiger partial charge in [-0.1, -0.05) is 6.92 Å². The molecule has 0 aromatic rings. The predicted molar refractivity (Wildman–Crippen MR) is 59.8 cm³/mol. The highest BCUT2D eigenvalue weighted by atomic mass is 35.5. The first-order chi connectivity index (χ1) is 5.85. The van der Waals surface area contributed by atoms with E-state index >= 15 is 0 Å². The molecule has 3 N–H and O–H groups in total. The Hall–Kier alpha value is -0.480. The van der Waals surface area contributed by atoms with Crippen LogP contribution < -0.4 is 11.1 Å². The maximum absolute atomic E-state index is 11.1. The van der Waals surface area contributed by atoms with Gasteiger partial charge in [0.25, 0.3) is 0 Å². The first-order valence-corrected chi connectivity index (χ1v) is 4.57. The number of rotatable bonds is 3. The van der Waals surface area contributed by atoms with E-state index in [-0.39, 0.29) is 18.4 Å². The lowest BCUT2D eigenvalue weighted by molar-refractivity contribution is 0.0524. The van der Waals surface area contributed by atoms with Crippen LogP contribution in [0.15, 0.2) is 0 Å². The Kier molecular flexibility index (Phi) is 7.87. The van der Waals surface area contributed by atoms with Crippen molar-refractivity contribution in [3.63, 3.8) is 0 Å². The summed E-state index contributed by atoms with van der Waals surface area (Å²) in [6, 6.07) is 0.00696. The SMILES string of the molecule is CCC(N)CNC(=O)OC(C)(C)C.Cl. The largest absolute Gasteiger partial charge is 0.444 e. The Bertz CT molecular complexity index is 169. The molecule has 0 spiro atoms. The van der Waals surface area contributed by atoms with Gasteiger partial charge in [-0.2, -0.15) is 0 Å². The predicted octanol–water partition coefficient (Wildman–Crippen LogP) is 1.67. The summed E-state index contributed by atoms with van der Waals surface area (Å²) in [7, 11) is 0. The first kappa shape index (κ1) is 16.0. The summed E-state index contributed by atoms with van der Waals surface area (Å²) in [6.07, 6.45) is 0.437. The third kappa shape index (κ3) is 9.61. The van der Waals surface area contributed by atoms with Gasteiger partial charge >= 0.3 is 6.09 Å². The van der Waals surface area contributed by atoms with Gasteiger partial charge < -0.3 is 15.8 Å². The van der Waals surface area contributed by atoms with Gasteiger partial charge in [0.2, 0.25) is 0 Å². The smallest absolute Gasteiger partial charge is 0.407 e. The van der Waals surface area contributed by atoms with Crippen molar-refractivity contribution in [3.05, 3.63) is 0 Å². The zero-order valence-corrected chi connectivity index (χ0v) is 10.1. The molecule has 0 aliphatic rings. The average Bonchev–Trinajstić information content (AvgIpc) is 1.97. The number of halogens is 1. The molecule has 4 nitrogen and oxygen atoms in total. The quantitative estimate of drug-likeness (QED) is 0.767. The van der Waals surface area contributed by atoms with E-state index in [2.05, 4.69) is 5.32 Å². The molecule has 0 aliphatic heterocycles. The number of carbonyl (C=O) groups is 1. The minimum atomic E-state index is -0.444. The summed E-state index contributed by atoms with van der Waals surface area (Å²) in [5, 5.41) is 2.60. The summed E-state index contributed by atoms with van der Waals surface area (Å²) in [4.78, 5) is 11.1. The van der Waals surface area contributed by atoms with Crippen LogP contribution in [0.2, 0.25) is 0 Å². The second-order valence-electron chi connectivity index (χ2n) is 4.05. The molecular weight excluding hydrogens is 204 g/mol. The Labute approximate surface area is 92.0 Å². The van der Waals surface area contributed by atoms with Crippen molar-refractivity contribution in [1.29, 1.82) is 0 Å². The van der Waals surface area contributed by atoms with E-state index in [1.807, 2.05) is 27.7 Å². The molecule has 0 aromatic heterocycles. The van der Waals surface area contributed by atoms with Gasteiger partial charge in [0, 0.05) is 12.6 Å². The van der Waals surface area contributed by atoms with Crippen LogP contribution in [-0.4, -0.2) is 24.3 Å². The van der Waals surface area contributed by atoms with Gasteiger partial charge in [-0.15, -0.1) is 12.4 Å². The number of amides is 1. The third-order valence-electron chi connectivity index (χ3n) is 1.43. The second-order valence-corrected chi connectivity index (χ2v) is 4.05. The molecule has 0 aromatic carbocycles. The lowest BCUT2D eigenvalue weighted by Gasteiger charge is -2.20. The molecule has 0 bridgehead atoms. The van der Waals surface area contributed by atoms with Crippen molar-refractivity contribution in [2.24, 2.45) is 5.73 Å². The molecule has 5 heteroatoms. The van der Waals surface area contributed by atoms with Crippen LogP contribution in [-0.2, 0) is 4.74 Å². The van der Waals surface area contributed by atoms with Crippen LogP contribution in [0, 0.1) is 0 Å². The maximum Gasteiger partial charge on any atom is 0.407 e. The highest BCUT2D eigenvalue weighted by Gasteiger charge is 2.15. The zero-order chi connectivity index (χ0) is 10.5. The number of nitrogens with one attached hydrogen (secondary N) is 1. The van der Waals surface area contributed by atoms with Gasteiger partial charge in [-0.05, 0) is 27.2 Å². The molecule has 0 aliphatic carbocycles. The van der Waals surface area contributed by atoms with Gasteiger partial charge in [-0.25, -0.2) is 4.79 Å². The summed E-state index contributed by atoms with van der Waals surface area (Å²) in [6.45, 7) is 7.91. The molecule has 0 heterocycles. The van der Waals surface area contributed by atoms with Gasteiger partial charge in [0.05, 0.1) is 0 Å². The monoisotopic (exact) mass is 224 g/mol. The summed E-state index contributed by atoms with van der Waals surface area (Å²) in [5.41, 5.74) is 5.17. The van der Waals surface area contributed by atoms with E-state index in [4.69, 9.17) is 10.5 Å². The van der Waals surface area contributed by atoms with Crippen LogP contribution in [0.5, 0.6) is 0 Å². The number of carbonyl (C=O) groups excluding carboxylic acids is 1. The van der Waals surface area contributed by atoms with E-state index in [0.717, 1.165) is 6.42 Å². The van der Waals surface area contributed by atoms with Crippen molar-refractivity contribution in [2.45, 2.75) is 45.8 Å². The Morgan fingerprint density at radius 1 is 1.50 bits per heavy atom. The summed E-state index contributed by atoms with van der Waals surface area (Å²) >= 11 is 0. The minimum Gasteiger partial charge on any atom is -0.444 e. The van der Waals surface area contributed by atoms with Crippen LogP contribution in [0.25, 0.3) is 0 Å². The van der Waals surface area contributed by atoms with E-state index in [1.165, 1.54) is 0 Å². The van der Waals surface area contributed by atoms with Gasteiger partial charge in [0.1, 0.15) is 5.60 Å². The summed E-state index contributed by atoms with van der Waals surface area (Å²) < 4.78 is 5.03.